The molecule has 1 aromatic heterocycles. The summed E-state index contributed by atoms with van der Waals surface area (Å²) in [7, 11) is 0. The zero-order chi connectivity index (χ0) is 10.6. The molecule has 0 aliphatic heterocycles. The predicted octanol–water partition coefficient (Wildman–Crippen LogP) is 1.74. The van der Waals surface area contributed by atoms with Crippen molar-refractivity contribution in [2.75, 3.05) is 6.54 Å². The fourth-order valence-electron chi connectivity index (χ4n) is 0.951. The van der Waals surface area contributed by atoms with Crippen LogP contribution in [-0.2, 0) is 11.2 Å². The smallest absolute Gasteiger partial charge is 0.237 e. The van der Waals surface area contributed by atoms with Gasteiger partial charge in [0.25, 0.3) is 0 Å². The highest BCUT2D eigenvalue weighted by Gasteiger charge is 2.07. The van der Waals surface area contributed by atoms with Crippen molar-refractivity contribution in [2.24, 2.45) is 0 Å². The Kier molecular flexibility index (Phi) is 4.35. The first kappa shape index (κ1) is 11.5. The lowest BCUT2D eigenvalue weighted by molar-refractivity contribution is -0.120. The van der Waals surface area contributed by atoms with Crippen molar-refractivity contribution < 1.29 is 4.79 Å². The van der Waals surface area contributed by atoms with Gasteiger partial charge in [0, 0.05) is 24.0 Å². The standard InChI is InChI=1S/C9H13ClN2OS/c1-6-5-14-8(12-6)3-4-11-9(13)7(2)10/h5,7H,3-4H2,1-2H3,(H,11,13). The number of rotatable bonds is 4. The van der Waals surface area contributed by atoms with Crippen molar-refractivity contribution in [3.63, 3.8) is 0 Å². The quantitative estimate of drug-likeness (QED) is 0.804. The van der Waals surface area contributed by atoms with E-state index in [1.807, 2.05) is 12.3 Å². The van der Waals surface area contributed by atoms with Crippen LogP contribution >= 0.6 is 22.9 Å². The molecule has 0 saturated carbocycles. The molecule has 0 aliphatic carbocycles. The van der Waals surface area contributed by atoms with E-state index in [9.17, 15) is 4.79 Å². The second-order valence-corrected chi connectivity index (χ2v) is 4.64. The van der Waals surface area contributed by atoms with E-state index < -0.39 is 5.38 Å². The Hall–Kier alpha value is -0.610. The van der Waals surface area contributed by atoms with Gasteiger partial charge in [-0.05, 0) is 13.8 Å². The molecule has 0 saturated heterocycles. The van der Waals surface area contributed by atoms with E-state index in [-0.39, 0.29) is 5.91 Å². The summed E-state index contributed by atoms with van der Waals surface area (Å²) < 4.78 is 0. The minimum Gasteiger partial charge on any atom is -0.354 e. The van der Waals surface area contributed by atoms with Crippen LogP contribution in [0.4, 0.5) is 0 Å². The van der Waals surface area contributed by atoms with Crippen molar-refractivity contribution in [1.29, 1.82) is 0 Å². The number of nitrogens with one attached hydrogen (secondary N) is 1. The van der Waals surface area contributed by atoms with Crippen molar-refractivity contribution in [3.8, 4) is 0 Å². The molecule has 1 heterocycles. The highest BCUT2D eigenvalue weighted by Crippen LogP contribution is 2.08. The van der Waals surface area contributed by atoms with Crippen LogP contribution in [-0.4, -0.2) is 22.8 Å². The summed E-state index contributed by atoms with van der Waals surface area (Å²) in [6.45, 7) is 4.21. The average Bonchev–Trinajstić information content (AvgIpc) is 2.51. The number of nitrogens with zero attached hydrogens (tertiary/aromatic N) is 1. The second kappa shape index (κ2) is 5.32. The number of thiazole rings is 1. The summed E-state index contributed by atoms with van der Waals surface area (Å²) in [6.07, 6.45) is 0.772. The van der Waals surface area contributed by atoms with Crippen molar-refractivity contribution in [3.05, 3.63) is 16.1 Å². The van der Waals surface area contributed by atoms with E-state index in [1.165, 1.54) is 0 Å². The molecule has 1 aromatic rings. The van der Waals surface area contributed by atoms with Crippen LogP contribution in [0.1, 0.15) is 17.6 Å². The third kappa shape index (κ3) is 3.64. The molecule has 1 amide bonds. The molecule has 3 nitrogen and oxygen atoms in total. The number of carbonyl (C=O) groups is 1. The normalized spacial score (nSPS) is 12.5. The SMILES string of the molecule is Cc1csc(CCNC(=O)C(C)Cl)n1. The fraction of sp³-hybridized carbons (Fsp3) is 0.556. The highest BCUT2D eigenvalue weighted by molar-refractivity contribution is 7.09. The Morgan fingerprint density at radius 2 is 2.50 bits per heavy atom. The van der Waals surface area contributed by atoms with Crippen LogP contribution in [0.2, 0.25) is 0 Å². The lowest BCUT2D eigenvalue weighted by Crippen LogP contribution is -2.31. The van der Waals surface area contributed by atoms with E-state index in [0.29, 0.717) is 6.54 Å². The van der Waals surface area contributed by atoms with Gasteiger partial charge in [0.1, 0.15) is 5.38 Å². The first-order valence-corrected chi connectivity index (χ1v) is 5.74. The Labute approximate surface area is 92.5 Å². The van der Waals surface area contributed by atoms with E-state index in [2.05, 4.69) is 10.3 Å². The first-order valence-electron chi connectivity index (χ1n) is 4.42. The molecule has 14 heavy (non-hydrogen) atoms. The molecule has 0 aliphatic rings. The average molecular weight is 233 g/mol. The van der Waals surface area contributed by atoms with Crippen LogP contribution in [0.15, 0.2) is 5.38 Å². The summed E-state index contributed by atoms with van der Waals surface area (Å²) in [5.74, 6) is -0.125. The number of halogens is 1. The van der Waals surface area contributed by atoms with Gasteiger partial charge in [-0.2, -0.15) is 0 Å². The van der Waals surface area contributed by atoms with Gasteiger partial charge in [0.05, 0.1) is 5.01 Å². The van der Waals surface area contributed by atoms with Crippen LogP contribution < -0.4 is 5.32 Å². The topological polar surface area (TPSA) is 42.0 Å². The number of hydrogen-bond acceptors (Lipinski definition) is 3. The van der Waals surface area contributed by atoms with Crippen molar-refractivity contribution in [1.82, 2.24) is 10.3 Å². The molecule has 0 fully saturated rings. The van der Waals surface area contributed by atoms with E-state index in [1.54, 1.807) is 18.3 Å². The zero-order valence-corrected chi connectivity index (χ0v) is 9.78. The molecule has 0 bridgehead atoms. The van der Waals surface area contributed by atoms with Gasteiger partial charge >= 0.3 is 0 Å². The molecule has 1 N–H and O–H groups in total. The van der Waals surface area contributed by atoms with Gasteiger partial charge in [-0.1, -0.05) is 0 Å². The lowest BCUT2D eigenvalue weighted by atomic mass is 10.4. The number of carbonyl (C=O) groups excluding carboxylic acids is 1. The van der Waals surface area contributed by atoms with Crippen LogP contribution in [0, 0.1) is 6.92 Å². The lowest BCUT2D eigenvalue weighted by Gasteiger charge is -2.04. The molecule has 5 heteroatoms. The summed E-state index contributed by atoms with van der Waals surface area (Å²) in [5.41, 5.74) is 1.03. The molecule has 0 spiro atoms. The third-order valence-electron chi connectivity index (χ3n) is 1.67. The minimum absolute atomic E-state index is 0.125. The molecule has 1 atom stereocenters. The maximum atomic E-state index is 11.1. The Morgan fingerprint density at radius 3 is 3.00 bits per heavy atom. The maximum absolute atomic E-state index is 11.1. The molecule has 1 unspecified atom stereocenters. The number of amides is 1. The summed E-state index contributed by atoms with van der Waals surface area (Å²) in [5, 5.41) is 5.32. The molecule has 1 rings (SSSR count). The van der Waals surface area contributed by atoms with E-state index in [4.69, 9.17) is 11.6 Å². The third-order valence-corrected chi connectivity index (χ3v) is 2.89. The van der Waals surface area contributed by atoms with Gasteiger partial charge in [0.15, 0.2) is 0 Å². The highest BCUT2D eigenvalue weighted by atomic mass is 35.5. The second-order valence-electron chi connectivity index (χ2n) is 3.04. The van der Waals surface area contributed by atoms with Gasteiger partial charge in [-0.25, -0.2) is 4.98 Å². The van der Waals surface area contributed by atoms with Gasteiger partial charge < -0.3 is 5.32 Å². The monoisotopic (exact) mass is 232 g/mol. The molecule has 0 aromatic carbocycles. The number of aromatic nitrogens is 1. The van der Waals surface area contributed by atoms with Crippen molar-refractivity contribution in [2.45, 2.75) is 25.6 Å². The van der Waals surface area contributed by atoms with Gasteiger partial charge in [-0.3, -0.25) is 4.79 Å². The Morgan fingerprint density at radius 1 is 1.79 bits per heavy atom. The van der Waals surface area contributed by atoms with Crippen LogP contribution in [0.3, 0.4) is 0 Å². The van der Waals surface area contributed by atoms with Gasteiger partial charge in [-0.15, -0.1) is 22.9 Å². The number of alkyl halides is 1. The summed E-state index contributed by atoms with van der Waals surface area (Å²) in [6, 6.07) is 0. The first-order chi connectivity index (χ1) is 6.59. The predicted molar refractivity (Wildman–Crippen MR) is 58.9 cm³/mol. The summed E-state index contributed by atoms with van der Waals surface area (Å²) >= 11 is 7.20. The van der Waals surface area contributed by atoms with Crippen LogP contribution in [0.5, 0.6) is 0 Å². The zero-order valence-electron chi connectivity index (χ0n) is 8.21. The molecule has 0 radical (unpaired) electrons. The molecule has 78 valence electrons. The van der Waals surface area contributed by atoms with E-state index >= 15 is 0 Å². The Balaban J connectivity index is 2.25. The van der Waals surface area contributed by atoms with Gasteiger partial charge in [0.2, 0.25) is 5.91 Å². The Bertz CT molecular complexity index is 312. The van der Waals surface area contributed by atoms with E-state index in [0.717, 1.165) is 17.1 Å². The molecular formula is C9H13ClN2OS. The van der Waals surface area contributed by atoms with Crippen molar-refractivity contribution >= 4 is 28.8 Å². The van der Waals surface area contributed by atoms with Crippen LogP contribution in [0.25, 0.3) is 0 Å². The molecular weight excluding hydrogens is 220 g/mol. The number of hydrogen-bond donors (Lipinski definition) is 1. The minimum atomic E-state index is -0.465. The summed E-state index contributed by atoms with van der Waals surface area (Å²) in [4.78, 5) is 15.4. The maximum Gasteiger partial charge on any atom is 0.237 e. The fourth-order valence-corrected chi connectivity index (χ4v) is 1.80. The number of aryl methyl sites for hydroxylation is 1. The largest absolute Gasteiger partial charge is 0.354 e.